The number of phenolic OH excluding ortho intramolecular Hbond substituents is 1. The lowest BCUT2D eigenvalue weighted by atomic mass is 10.1. The Morgan fingerprint density at radius 3 is 2.10 bits per heavy atom. The molecule has 0 spiro atoms. The van der Waals surface area contributed by atoms with Gasteiger partial charge in [0.05, 0.1) is 11.1 Å². The van der Waals surface area contributed by atoms with Crippen molar-refractivity contribution in [1.29, 1.82) is 0 Å². The van der Waals surface area contributed by atoms with Crippen molar-refractivity contribution < 1.29 is 44.2 Å². The van der Waals surface area contributed by atoms with Gasteiger partial charge in [0.25, 0.3) is 5.91 Å². The molecule has 0 aliphatic heterocycles. The number of fused-ring (bicyclic) bond motifs is 1. The lowest BCUT2D eigenvalue weighted by molar-refractivity contribution is 0.102. The van der Waals surface area contributed by atoms with E-state index >= 15 is 0 Å². The van der Waals surface area contributed by atoms with Crippen LogP contribution in [0.5, 0.6) is 17.2 Å². The number of nitrogens with one attached hydrogen (secondary N) is 1. The van der Waals surface area contributed by atoms with Crippen LogP contribution >= 0.6 is 0 Å². The Kier molecular flexibility index (Phi) is 5.54. The highest BCUT2D eigenvalue weighted by molar-refractivity contribution is 7.81. The molecule has 1 amide bonds. The first-order valence-electron chi connectivity index (χ1n) is 7.93. The van der Waals surface area contributed by atoms with Crippen molar-refractivity contribution >= 4 is 43.2 Å². The van der Waals surface area contributed by atoms with E-state index in [9.17, 15) is 26.7 Å². The fraction of sp³-hybridized carbons (Fsp3) is 0. The van der Waals surface area contributed by atoms with Crippen LogP contribution in [0.3, 0.4) is 0 Å². The van der Waals surface area contributed by atoms with E-state index in [2.05, 4.69) is 13.7 Å². The van der Waals surface area contributed by atoms with Crippen molar-refractivity contribution in [2.24, 2.45) is 0 Å². The summed E-state index contributed by atoms with van der Waals surface area (Å²) in [4.78, 5) is 12.4. The van der Waals surface area contributed by atoms with Crippen LogP contribution in [0.15, 0.2) is 54.6 Å². The van der Waals surface area contributed by atoms with Crippen molar-refractivity contribution in [3.05, 3.63) is 60.2 Å². The van der Waals surface area contributed by atoms with Gasteiger partial charge in [0.1, 0.15) is 11.5 Å². The van der Waals surface area contributed by atoms with Crippen molar-refractivity contribution in [1.82, 2.24) is 0 Å². The normalized spacial score (nSPS) is 11.8. The zero-order valence-corrected chi connectivity index (χ0v) is 16.3. The lowest BCUT2D eigenvalue weighted by Crippen LogP contribution is -2.13. The first kappa shape index (κ1) is 21.3. The van der Waals surface area contributed by atoms with Crippen LogP contribution in [0.2, 0.25) is 0 Å². The smallest absolute Gasteiger partial charge is 0.446 e. The number of amides is 1. The predicted octanol–water partition coefficient (Wildman–Crippen LogP) is 2.16. The second-order valence-electron chi connectivity index (χ2n) is 5.82. The monoisotopic (exact) mass is 455 g/mol. The van der Waals surface area contributed by atoms with E-state index in [1.165, 1.54) is 18.2 Å². The molecule has 30 heavy (non-hydrogen) atoms. The summed E-state index contributed by atoms with van der Waals surface area (Å²) in [7, 11) is -9.95. The number of benzene rings is 3. The molecule has 11 nitrogen and oxygen atoms in total. The van der Waals surface area contributed by atoms with E-state index in [0.29, 0.717) is 0 Å². The minimum Gasteiger partial charge on any atom is -0.507 e. The molecule has 0 heterocycles. The Balaban J connectivity index is 2.17. The third-order valence-electron chi connectivity index (χ3n) is 3.71. The van der Waals surface area contributed by atoms with E-state index < -0.39 is 44.0 Å². The first-order valence-corrected chi connectivity index (χ1v) is 10.7. The highest BCUT2D eigenvalue weighted by atomic mass is 32.3. The number of anilines is 1. The Morgan fingerprint density at radius 1 is 0.867 bits per heavy atom. The van der Waals surface area contributed by atoms with Crippen molar-refractivity contribution in [3.63, 3.8) is 0 Å². The third-order valence-corrected chi connectivity index (χ3v) is 4.50. The van der Waals surface area contributed by atoms with Gasteiger partial charge < -0.3 is 18.8 Å². The molecule has 0 fully saturated rings. The van der Waals surface area contributed by atoms with Gasteiger partial charge in [-0.3, -0.25) is 13.9 Å². The Bertz CT molecular complexity index is 1340. The van der Waals surface area contributed by atoms with E-state index in [1.54, 1.807) is 18.2 Å². The number of rotatable bonds is 6. The summed E-state index contributed by atoms with van der Waals surface area (Å²) in [5, 5.41) is 12.5. The number of hydrogen-bond donors (Lipinski definition) is 4. The number of hydrogen-bond acceptors (Lipinski definition) is 8. The molecule has 0 aromatic heterocycles. The molecule has 0 unspecified atom stereocenters. The summed E-state index contributed by atoms with van der Waals surface area (Å²) in [6.45, 7) is 0. The fourth-order valence-corrected chi connectivity index (χ4v) is 3.37. The molecule has 3 aromatic rings. The van der Waals surface area contributed by atoms with Crippen LogP contribution in [0.4, 0.5) is 5.69 Å². The summed E-state index contributed by atoms with van der Waals surface area (Å²) in [6, 6.07) is 12.0. The van der Waals surface area contributed by atoms with Crippen LogP contribution in [-0.2, 0) is 20.8 Å². The van der Waals surface area contributed by atoms with Crippen LogP contribution in [-0.4, -0.2) is 37.0 Å². The van der Waals surface area contributed by atoms with Gasteiger partial charge in [0, 0.05) is 17.0 Å². The van der Waals surface area contributed by atoms with E-state index in [1.807, 2.05) is 0 Å². The number of carbonyl (C=O) groups excluding carboxylic acids is 1. The SMILES string of the molecule is O=C(Nc1ccc(OS(=O)(=O)O)c2cc(OS(=O)(=O)O)cc(O)c12)c1ccccc1. The molecule has 0 saturated carbocycles. The largest absolute Gasteiger partial charge is 0.507 e. The minimum atomic E-state index is -4.99. The molecular weight excluding hydrogens is 442 g/mol. The maximum Gasteiger partial charge on any atom is 0.446 e. The number of carbonyl (C=O) groups is 1. The minimum absolute atomic E-state index is 0.0115. The topological polar surface area (TPSA) is 177 Å². The van der Waals surface area contributed by atoms with Gasteiger partial charge in [-0.1, -0.05) is 18.2 Å². The molecular formula is C17H13NO10S2. The molecule has 0 aliphatic rings. The van der Waals surface area contributed by atoms with Crippen LogP contribution < -0.4 is 13.7 Å². The molecule has 0 radical (unpaired) electrons. The first-order chi connectivity index (χ1) is 13.9. The average Bonchev–Trinajstić information content (AvgIpc) is 2.61. The third kappa shape index (κ3) is 5.15. The van der Waals surface area contributed by atoms with Gasteiger partial charge in [-0.15, -0.1) is 0 Å². The van der Waals surface area contributed by atoms with Gasteiger partial charge in [-0.2, -0.15) is 16.8 Å². The molecule has 3 aromatic carbocycles. The van der Waals surface area contributed by atoms with E-state index in [0.717, 1.165) is 18.2 Å². The highest BCUT2D eigenvalue weighted by Gasteiger charge is 2.20. The van der Waals surface area contributed by atoms with Crippen LogP contribution in [0.25, 0.3) is 10.8 Å². The predicted molar refractivity (Wildman–Crippen MR) is 104 cm³/mol. The zero-order chi connectivity index (χ0) is 22.1. The molecule has 158 valence electrons. The molecule has 0 bridgehead atoms. The molecule has 0 aliphatic carbocycles. The van der Waals surface area contributed by atoms with E-state index in [4.69, 9.17) is 9.11 Å². The fourth-order valence-electron chi connectivity index (χ4n) is 2.65. The Labute approximate surface area is 170 Å². The quantitative estimate of drug-likeness (QED) is 0.403. The van der Waals surface area contributed by atoms with Crippen LogP contribution in [0, 0.1) is 0 Å². The summed E-state index contributed by atoms with van der Waals surface area (Å²) in [5.41, 5.74) is 0.298. The van der Waals surface area contributed by atoms with Gasteiger partial charge in [-0.25, -0.2) is 0 Å². The molecule has 0 atom stereocenters. The molecule has 13 heteroatoms. The van der Waals surface area contributed by atoms with Gasteiger partial charge in [0.2, 0.25) is 0 Å². The zero-order valence-electron chi connectivity index (χ0n) is 14.7. The number of phenols is 1. The molecule has 3 rings (SSSR count). The Morgan fingerprint density at radius 2 is 1.50 bits per heavy atom. The summed E-state index contributed by atoms with van der Waals surface area (Å²) in [5.74, 6) is -2.30. The summed E-state index contributed by atoms with van der Waals surface area (Å²) in [6.07, 6.45) is 0. The summed E-state index contributed by atoms with van der Waals surface area (Å²) >= 11 is 0. The van der Waals surface area contributed by atoms with Crippen molar-refractivity contribution in [2.45, 2.75) is 0 Å². The summed E-state index contributed by atoms with van der Waals surface area (Å²) < 4.78 is 70.7. The van der Waals surface area contributed by atoms with Crippen molar-refractivity contribution in [3.8, 4) is 17.2 Å². The lowest BCUT2D eigenvalue weighted by Gasteiger charge is -2.14. The van der Waals surface area contributed by atoms with Crippen molar-refractivity contribution in [2.75, 3.05) is 5.32 Å². The second-order valence-corrected chi connectivity index (χ2v) is 7.86. The Hall–Kier alpha value is -3.39. The maximum atomic E-state index is 12.4. The highest BCUT2D eigenvalue weighted by Crippen LogP contribution is 2.41. The second kappa shape index (κ2) is 7.79. The van der Waals surface area contributed by atoms with Gasteiger partial charge in [0.15, 0.2) is 5.75 Å². The van der Waals surface area contributed by atoms with Gasteiger partial charge >= 0.3 is 20.8 Å². The molecule has 0 saturated heterocycles. The van der Waals surface area contributed by atoms with Gasteiger partial charge in [-0.05, 0) is 30.3 Å². The average molecular weight is 455 g/mol. The molecule has 4 N–H and O–H groups in total. The van der Waals surface area contributed by atoms with Crippen LogP contribution in [0.1, 0.15) is 10.4 Å². The number of aromatic hydroxyl groups is 1. The van der Waals surface area contributed by atoms with E-state index in [-0.39, 0.29) is 22.0 Å². The standard InChI is InChI=1S/C17H13NO10S2/c19-14-9-11(27-29(21,22)23)8-12-15(28-30(24,25)26)7-6-13(16(12)14)18-17(20)10-4-2-1-3-5-10/h1-9,19H,(H,18,20)(H,21,22,23)(H,24,25,26). The maximum absolute atomic E-state index is 12.4.